The molecule has 0 aliphatic heterocycles. The van der Waals surface area contributed by atoms with Crippen molar-refractivity contribution in [2.45, 2.75) is 6.42 Å². The van der Waals surface area contributed by atoms with Crippen LogP contribution < -0.4 is 4.90 Å². The Kier molecular flexibility index (Phi) is 4.05. The van der Waals surface area contributed by atoms with Crippen molar-refractivity contribution in [2.24, 2.45) is 0 Å². The van der Waals surface area contributed by atoms with E-state index in [0.717, 1.165) is 18.0 Å². The van der Waals surface area contributed by atoms with Gasteiger partial charge in [0, 0.05) is 24.3 Å². The second kappa shape index (κ2) is 5.74. The topological polar surface area (TPSA) is 3.24 Å². The molecule has 0 aromatic heterocycles. The molecule has 87 valence electrons. The molecule has 1 nitrogen and oxygen atoms in total. The SMILES string of the molecule is CN(CCc1cc[c]cc1)c1ccc(Cl)cc1. The maximum Gasteiger partial charge on any atom is 0.0407 e. The Balaban J connectivity index is 1.93. The maximum atomic E-state index is 5.87. The highest BCUT2D eigenvalue weighted by atomic mass is 35.5. The van der Waals surface area contributed by atoms with Gasteiger partial charge in [0.2, 0.25) is 0 Å². The van der Waals surface area contributed by atoms with Crippen LogP contribution in [-0.2, 0) is 6.42 Å². The number of hydrogen-bond acceptors (Lipinski definition) is 1. The van der Waals surface area contributed by atoms with Gasteiger partial charge in [0.25, 0.3) is 0 Å². The minimum Gasteiger partial charge on any atom is -0.374 e. The minimum absolute atomic E-state index is 0.778. The van der Waals surface area contributed by atoms with Gasteiger partial charge in [-0.2, -0.15) is 0 Å². The lowest BCUT2D eigenvalue weighted by Gasteiger charge is -2.19. The zero-order valence-corrected chi connectivity index (χ0v) is 10.6. The van der Waals surface area contributed by atoms with Gasteiger partial charge >= 0.3 is 0 Å². The zero-order chi connectivity index (χ0) is 12.1. The minimum atomic E-state index is 0.778. The summed E-state index contributed by atoms with van der Waals surface area (Å²) in [6, 6.07) is 19.1. The lowest BCUT2D eigenvalue weighted by atomic mass is 10.1. The van der Waals surface area contributed by atoms with Gasteiger partial charge < -0.3 is 4.90 Å². The largest absolute Gasteiger partial charge is 0.374 e. The summed E-state index contributed by atoms with van der Waals surface area (Å²) in [6.45, 7) is 0.992. The molecule has 0 spiro atoms. The summed E-state index contributed by atoms with van der Waals surface area (Å²) in [4.78, 5) is 2.23. The Morgan fingerprint density at radius 1 is 1.06 bits per heavy atom. The lowest BCUT2D eigenvalue weighted by molar-refractivity contribution is 0.877. The van der Waals surface area contributed by atoms with Gasteiger partial charge in [-0.25, -0.2) is 0 Å². The Bertz CT molecular complexity index is 450. The highest BCUT2D eigenvalue weighted by molar-refractivity contribution is 6.30. The monoisotopic (exact) mass is 244 g/mol. The van der Waals surface area contributed by atoms with Crippen LogP contribution in [0.15, 0.2) is 48.5 Å². The summed E-state index contributed by atoms with van der Waals surface area (Å²) in [5.41, 5.74) is 2.53. The molecular formula is C15H15ClN. The number of anilines is 1. The highest BCUT2D eigenvalue weighted by Crippen LogP contribution is 2.17. The van der Waals surface area contributed by atoms with Gasteiger partial charge in [0.1, 0.15) is 0 Å². The van der Waals surface area contributed by atoms with E-state index in [4.69, 9.17) is 11.6 Å². The fourth-order valence-electron chi connectivity index (χ4n) is 1.71. The van der Waals surface area contributed by atoms with Gasteiger partial charge in [0.05, 0.1) is 0 Å². The Morgan fingerprint density at radius 2 is 1.71 bits per heavy atom. The van der Waals surface area contributed by atoms with Crippen molar-refractivity contribution in [3.05, 3.63) is 65.2 Å². The van der Waals surface area contributed by atoms with Crippen LogP contribution in [0.5, 0.6) is 0 Å². The molecule has 0 aliphatic carbocycles. The summed E-state index contributed by atoms with van der Waals surface area (Å²) in [7, 11) is 2.10. The van der Waals surface area contributed by atoms with Crippen LogP contribution in [0.4, 0.5) is 5.69 Å². The van der Waals surface area contributed by atoms with Gasteiger partial charge in [0.15, 0.2) is 0 Å². The lowest BCUT2D eigenvalue weighted by Crippen LogP contribution is -2.20. The third kappa shape index (κ3) is 3.50. The normalized spacial score (nSPS) is 10.2. The van der Waals surface area contributed by atoms with Crippen molar-refractivity contribution < 1.29 is 0 Å². The third-order valence-corrected chi connectivity index (χ3v) is 3.04. The van der Waals surface area contributed by atoms with Crippen molar-refractivity contribution in [1.82, 2.24) is 0 Å². The molecule has 2 heteroatoms. The van der Waals surface area contributed by atoms with Crippen LogP contribution in [0.25, 0.3) is 0 Å². The molecule has 0 saturated heterocycles. The van der Waals surface area contributed by atoms with E-state index in [1.54, 1.807) is 0 Å². The fourth-order valence-corrected chi connectivity index (χ4v) is 1.84. The summed E-state index contributed by atoms with van der Waals surface area (Å²) < 4.78 is 0. The molecular weight excluding hydrogens is 230 g/mol. The van der Waals surface area contributed by atoms with E-state index in [1.807, 2.05) is 36.4 Å². The summed E-state index contributed by atoms with van der Waals surface area (Å²) in [5.74, 6) is 0. The van der Waals surface area contributed by atoms with Crippen molar-refractivity contribution in [3.63, 3.8) is 0 Å². The predicted molar refractivity (Wildman–Crippen MR) is 73.7 cm³/mol. The number of nitrogens with zero attached hydrogens (tertiary/aromatic N) is 1. The van der Waals surface area contributed by atoms with Crippen LogP contribution in [-0.4, -0.2) is 13.6 Å². The molecule has 2 aromatic carbocycles. The van der Waals surface area contributed by atoms with Crippen LogP contribution in [0, 0.1) is 6.07 Å². The van der Waals surface area contributed by atoms with E-state index in [0.29, 0.717) is 0 Å². The molecule has 2 aromatic rings. The van der Waals surface area contributed by atoms with Gasteiger partial charge in [-0.05, 0) is 42.3 Å². The average Bonchev–Trinajstić information content (AvgIpc) is 2.38. The number of likely N-dealkylation sites (N-methyl/N-ethyl adjacent to an activating group) is 1. The number of rotatable bonds is 4. The first-order valence-electron chi connectivity index (χ1n) is 5.67. The van der Waals surface area contributed by atoms with Gasteiger partial charge in [-0.3, -0.25) is 0 Å². The Morgan fingerprint density at radius 3 is 2.35 bits per heavy atom. The van der Waals surface area contributed by atoms with E-state index in [2.05, 4.69) is 30.1 Å². The molecule has 0 N–H and O–H groups in total. The highest BCUT2D eigenvalue weighted by Gasteiger charge is 2.00. The molecule has 17 heavy (non-hydrogen) atoms. The molecule has 0 fully saturated rings. The Labute approximate surface area is 108 Å². The van der Waals surface area contributed by atoms with Crippen LogP contribution in [0.1, 0.15) is 5.56 Å². The smallest absolute Gasteiger partial charge is 0.0407 e. The number of benzene rings is 2. The average molecular weight is 245 g/mol. The van der Waals surface area contributed by atoms with Crippen molar-refractivity contribution >= 4 is 17.3 Å². The molecule has 1 radical (unpaired) electrons. The van der Waals surface area contributed by atoms with Gasteiger partial charge in [-0.15, -0.1) is 0 Å². The number of halogens is 1. The van der Waals surface area contributed by atoms with Crippen molar-refractivity contribution in [1.29, 1.82) is 0 Å². The first-order chi connectivity index (χ1) is 8.25. The zero-order valence-electron chi connectivity index (χ0n) is 9.86. The van der Waals surface area contributed by atoms with Crippen LogP contribution in [0.3, 0.4) is 0 Å². The second-order valence-corrected chi connectivity index (χ2v) is 4.49. The molecule has 2 rings (SSSR count). The maximum absolute atomic E-state index is 5.87. The van der Waals surface area contributed by atoms with Crippen molar-refractivity contribution in [3.8, 4) is 0 Å². The summed E-state index contributed by atoms with van der Waals surface area (Å²) in [5, 5.41) is 0.778. The molecule has 0 amide bonds. The van der Waals surface area contributed by atoms with E-state index in [-0.39, 0.29) is 0 Å². The summed E-state index contributed by atoms with van der Waals surface area (Å²) >= 11 is 5.87. The van der Waals surface area contributed by atoms with Crippen LogP contribution >= 0.6 is 11.6 Å². The molecule has 0 saturated carbocycles. The summed E-state index contributed by atoms with van der Waals surface area (Å²) in [6.07, 6.45) is 1.04. The fraction of sp³-hybridized carbons (Fsp3) is 0.200. The van der Waals surface area contributed by atoms with Gasteiger partial charge in [-0.1, -0.05) is 35.9 Å². The Hall–Kier alpha value is -1.47. The molecule has 0 unspecified atom stereocenters. The standard InChI is InChI=1S/C15H15ClN/c1-17(15-9-7-14(16)8-10-15)12-11-13-5-3-2-4-6-13/h3-10H,11-12H2,1H3. The molecule has 0 atom stereocenters. The first-order valence-corrected chi connectivity index (χ1v) is 6.05. The predicted octanol–water partition coefficient (Wildman–Crippen LogP) is 3.82. The van der Waals surface area contributed by atoms with E-state index < -0.39 is 0 Å². The third-order valence-electron chi connectivity index (χ3n) is 2.79. The van der Waals surface area contributed by atoms with Crippen molar-refractivity contribution in [2.75, 3.05) is 18.5 Å². The van der Waals surface area contributed by atoms with E-state index in [1.165, 1.54) is 11.3 Å². The first kappa shape index (κ1) is 12.0. The molecule has 0 heterocycles. The number of hydrogen-bond donors (Lipinski definition) is 0. The molecule has 0 bridgehead atoms. The second-order valence-electron chi connectivity index (χ2n) is 4.06. The molecule has 0 aliphatic rings. The van der Waals surface area contributed by atoms with E-state index >= 15 is 0 Å². The van der Waals surface area contributed by atoms with E-state index in [9.17, 15) is 0 Å². The van der Waals surface area contributed by atoms with Crippen LogP contribution in [0.2, 0.25) is 5.02 Å². The quantitative estimate of drug-likeness (QED) is 0.790.